The minimum absolute atomic E-state index is 0.0455. The van der Waals surface area contributed by atoms with Crippen LogP contribution >= 0.6 is 0 Å². The highest BCUT2D eigenvalue weighted by Gasteiger charge is 2.23. The molecule has 0 spiro atoms. The number of carbonyl (C=O) groups is 2. The lowest BCUT2D eigenvalue weighted by molar-refractivity contribution is -0.117. The van der Waals surface area contributed by atoms with E-state index in [0.717, 1.165) is 6.42 Å². The largest absolute Gasteiger partial charge is 0.312 e. The smallest absolute Gasteiger partial charge is 0.261 e. The van der Waals surface area contributed by atoms with Crippen molar-refractivity contribution in [1.29, 1.82) is 0 Å². The molecule has 1 aliphatic rings. The normalized spacial score (nSPS) is 14.6. The van der Waals surface area contributed by atoms with Crippen molar-refractivity contribution in [2.45, 2.75) is 24.7 Å². The molecule has 7 heteroatoms. The molecule has 0 atom stereocenters. The molecule has 1 amide bonds. The maximum Gasteiger partial charge on any atom is 0.261 e. The summed E-state index contributed by atoms with van der Waals surface area (Å²) in [5, 5.41) is 0. The number of anilines is 2. The van der Waals surface area contributed by atoms with Crippen molar-refractivity contribution in [2.75, 3.05) is 16.2 Å². The van der Waals surface area contributed by atoms with Crippen LogP contribution in [-0.2, 0) is 14.8 Å². The van der Waals surface area contributed by atoms with Crippen LogP contribution in [0.4, 0.5) is 11.4 Å². The van der Waals surface area contributed by atoms with Gasteiger partial charge in [0.05, 0.1) is 10.6 Å². The molecular weight excluding hydrogens is 340 g/mol. The molecule has 0 aromatic heterocycles. The summed E-state index contributed by atoms with van der Waals surface area (Å²) in [6, 6.07) is 12.6. The average Bonchev–Trinajstić information content (AvgIpc) is 3.01. The maximum atomic E-state index is 12.6. The fourth-order valence-corrected chi connectivity index (χ4v) is 3.89. The monoisotopic (exact) mass is 358 g/mol. The zero-order chi connectivity index (χ0) is 18.0. The molecule has 6 nitrogen and oxygen atoms in total. The van der Waals surface area contributed by atoms with Crippen LogP contribution in [-0.4, -0.2) is 26.7 Å². The number of amides is 1. The molecule has 0 bridgehead atoms. The predicted molar refractivity (Wildman–Crippen MR) is 95.3 cm³/mol. The Kier molecular flexibility index (Phi) is 4.59. The number of Topliss-reactive ketones (excluding diaryl/α,β-unsaturated/α-hetero) is 1. The third-order valence-corrected chi connectivity index (χ3v) is 5.46. The summed E-state index contributed by atoms with van der Waals surface area (Å²) in [6.07, 6.45) is 1.33. The number of carbonyl (C=O) groups excluding carboxylic acids is 2. The van der Waals surface area contributed by atoms with E-state index in [2.05, 4.69) is 4.72 Å². The molecule has 130 valence electrons. The Morgan fingerprint density at radius 3 is 2.36 bits per heavy atom. The standard InChI is InChI=1S/C18H18N2O4S/c1-13(21)16-5-2-3-6-17(16)19-25(23,24)15-10-8-14(9-11-15)20-12-4-7-18(20)22/h2-3,5-6,8-11,19H,4,7,12H2,1H3. The zero-order valence-electron chi connectivity index (χ0n) is 13.7. The van der Waals surface area contributed by atoms with Gasteiger partial charge >= 0.3 is 0 Å². The highest BCUT2D eigenvalue weighted by Crippen LogP contribution is 2.25. The summed E-state index contributed by atoms with van der Waals surface area (Å²) in [5.41, 5.74) is 1.24. The fraction of sp³-hybridized carbons (Fsp3) is 0.222. The van der Waals surface area contributed by atoms with Crippen LogP contribution in [0.25, 0.3) is 0 Å². The molecule has 0 aliphatic carbocycles. The van der Waals surface area contributed by atoms with E-state index in [9.17, 15) is 18.0 Å². The van der Waals surface area contributed by atoms with E-state index in [-0.39, 0.29) is 22.3 Å². The highest BCUT2D eigenvalue weighted by atomic mass is 32.2. The number of hydrogen-bond donors (Lipinski definition) is 1. The van der Waals surface area contributed by atoms with Crippen LogP contribution in [0, 0.1) is 0 Å². The van der Waals surface area contributed by atoms with Crippen molar-refractivity contribution in [3.8, 4) is 0 Å². The topological polar surface area (TPSA) is 83.6 Å². The minimum atomic E-state index is -3.83. The summed E-state index contributed by atoms with van der Waals surface area (Å²) in [5.74, 6) is -0.176. The van der Waals surface area contributed by atoms with Crippen molar-refractivity contribution < 1.29 is 18.0 Å². The number of hydrogen-bond acceptors (Lipinski definition) is 4. The first-order chi connectivity index (χ1) is 11.9. The van der Waals surface area contributed by atoms with Crippen molar-refractivity contribution in [2.24, 2.45) is 0 Å². The van der Waals surface area contributed by atoms with Crippen molar-refractivity contribution in [3.63, 3.8) is 0 Å². The van der Waals surface area contributed by atoms with E-state index in [1.165, 1.54) is 19.1 Å². The van der Waals surface area contributed by atoms with Gasteiger partial charge in [0.15, 0.2) is 5.78 Å². The molecular formula is C18H18N2O4S. The Morgan fingerprint density at radius 1 is 1.08 bits per heavy atom. The SMILES string of the molecule is CC(=O)c1ccccc1NS(=O)(=O)c1ccc(N2CCCC2=O)cc1. The second kappa shape index (κ2) is 6.68. The predicted octanol–water partition coefficient (Wildman–Crippen LogP) is 2.82. The lowest BCUT2D eigenvalue weighted by Gasteiger charge is -2.16. The second-order valence-corrected chi connectivity index (χ2v) is 7.53. The molecule has 0 radical (unpaired) electrons. The first kappa shape index (κ1) is 17.2. The van der Waals surface area contributed by atoms with Crippen LogP contribution in [0.15, 0.2) is 53.4 Å². The van der Waals surface area contributed by atoms with E-state index >= 15 is 0 Å². The first-order valence-electron chi connectivity index (χ1n) is 7.92. The number of nitrogens with zero attached hydrogens (tertiary/aromatic N) is 1. The molecule has 1 aliphatic heterocycles. The lowest BCUT2D eigenvalue weighted by Crippen LogP contribution is -2.23. The number of rotatable bonds is 5. The molecule has 25 heavy (non-hydrogen) atoms. The van der Waals surface area contributed by atoms with Crippen LogP contribution in [0.3, 0.4) is 0 Å². The molecule has 1 saturated heterocycles. The van der Waals surface area contributed by atoms with Crippen LogP contribution < -0.4 is 9.62 Å². The fourth-order valence-electron chi connectivity index (χ4n) is 2.81. The van der Waals surface area contributed by atoms with Crippen molar-refractivity contribution in [3.05, 3.63) is 54.1 Å². The number of sulfonamides is 1. The molecule has 1 N–H and O–H groups in total. The molecule has 2 aromatic carbocycles. The summed E-state index contributed by atoms with van der Waals surface area (Å²) in [7, 11) is -3.83. The van der Waals surface area contributed by atoms with E-state index in [4.69, 9.17) is 0 Å². The van der Waals surface area contributed by atoms with Gasteiger partial charge in [-0.3, -0.25) is 14.3 Å². The van der Waals surface area contributed by atoms with Crippen LogP contribution in [0.5, 0.6) is 0 Å². The van der Waals surface area contributed by atoms with Gasteiger partial charge in [0.1, 0.15) is 0 Å². The first-order valence-corrected chi connectivity index (χ1v) is 9.40. The second-order valence-electron chi connectivity index (χ2n) is 5.85. The Balaban J connectivity index is 1.86. The van der Waals surface area contributed by atoms with Crippen molar-refractivity contribution in [1.82, 2.24) is 0 Å². The van der Waals surface area contributed by atoms with Crippen LogP contribution in [0.1, 0.15) is 30.1 Å². The quantitative estimate of drug-likeness (QED) is 0.833. The average molecular weight is 358 g/mol. The minimum Gasteiger partial charge on any atom is -0.312 e. The Bertz CT molecular complexity index is 920. The maximum absolute atomic E-state index is 12.6. The lowest BCUT2D eigenvalue weighted by atomic mass is 10.1. The summed E-state index contributed by atoms with van der Waals surface area (Å²) in [6.45, 7) is 2.03. The van der Waals surface area contributed by atoms with E-state index in [1.54, 1.807) is 41.3 Å². The molecule has 1 fully saturated rings. The van der Waals surface area contributed by atoms with E-state index in [1.807, 2.05) is 0 Å². The van der Waals surface area contributed by atoms with Gasteiger partial charge < -0.3 is 4.90 Å². The van der Waals surface area contributed by atoms with Gasteiger partial charge in [0, 0.05) is 24.2 Å². The number of benzene rings is 2. The summed E-state index contributed by atoms with van der Waals surface area (Å²) in [4.78, 5) is 25.1. The van der Waals surface area contributed by atoms with Gasteiger partial charge in [0.25, 0.3) is 10.0 Å². The third kappa shape index (κ3) is 3.56. The number of para-hydroxylation sites is 1. The molecule has 2 aromatic rings. The van der Waals surface area contributed by atoms with E-state index < -0.39 is 10.0 Å². The highest BCUT2D eigenvalue weighted by molar-refractivity contribution is 7.92. The van der Waals surface area contributed by atoms with Crippen molar-refractivity contribution >= 4 is 33.1 Å². The van der Waals surface area contributed by atoms with Gasteiger partial charge in [-0.25, -0.2) is 8.42 Å². The third-order valence-electron chi connectivity index (χ3n) is 4.08. The number of ketones is 1. The molecule has 3 rings (SSSR count). The Labute approximate surface area is 146 Å². The van der Waals surface area contributed by atoms with Gasteiger partial charge in [0.2, 0.25) is 5.91 Å². The van der Waals surface area contributed by atoms with E-state index in [0.29, 0.717) is 24.2 Å². The van der Waals surface area contributed by atoms with Gasteiger partial charge in [-0.2, -0.15) is 0 Å². The van der Waals surface area contributed by atoms with Crippen LogP contribution in [0.2, 0.25) is 0 Å². The number of nitrogens with one attached hydrogen (secondary N) is 1. The summed E-state index contributed by atoms with van der Waals surface area (Å²) >= 11 is 0. The van der Waals surface area contributed by atoms with Gasteiger partial charge in [-0.15, -0.1) is 0 Å². The molecule has 0 saturated carbocycles. The summed E-state index contributed by atoms with van der Waals surface area (Å²) < 4.78 is 27.6. The molecule has 1 heterocycles. The Morgan fingerprint density at radius 2 is 1.76 bits per heavy atom. The zero-order valence-corrected chi connectivity index (χ0v) is 14.5. The molecule has 0 unspecified atom stereocenters. The van der Waals surface area contributed by atoms with Gasteiger partial charge in [-0.05, 0) is 49.7 Å². The van der Waals surface area contributed by atoms with Gasteiger partial charge in [-0.1, -0.05) is 12.1 Å². The Hall–Kier alpha value is -2.67.